The second-order valence-corrected chi connectivity index (χ2v) is 4.06. The van der Waals surface area contributed by atoms with E-state index >= 15 is 0 Å². The third kappa shape index (κ3) is 3.12. The lowest BCUT2D eigenvalue weighted by atomic mass is 9.78. The van der Waals surface area contributed by atoms with Crippen LogP contribution in [0.3, 0.4) is 0 Å². The Labute approximate surface area is 88.0 Å². The van der Waals surface area contributed by atoms with Crippen LogP contribution >= 0.6 is 0 Å². The molecule has 1 aliphatic carbocycles. The summed E-state index contributed by atoms with van der Waals surface area (Å²) in [6.45, 7) is 0.170. The number of alkyl halides is 2. The molecule has 0 saturated heterocycles. The number of methoxy groups -OCH3 is 1. The van der Waals surface area contributed by atoms with Crippen molar-refractivity contribution in [1.29, 1.82) is 0 Å². The van der Waals surface area contributed by atoms with Crippen molar-refractivity contribution in [2.45, 2.75) is 31.6 Å². The molecule has 1 aliphatic rings. The molecule has 0 aromatic rings. The zero-order valence-corrected chi connectivity index (χ0v) is 8.84. The van der Waals surface area contributed by atoms with Crippen LogP contribution in [0.4, 0.5) is 8.78 Å². The fourth-order valence-corrected chi connectivity index (χ4v) is 2.10. The molecular weight excluding hydrogens is 204 g/mol. The molecule has 1 fully saturated rings. The van der Waals surface area contributed by atoms with Crippen LogP contribution in [-0.2, 0) is 9.53 Å². The molecule has 0 heterocycles. The maximum absolute atomic E-state index is 12.9. The summed E-state index contributed by atoms with van der Waals surface area (Å²) >= 11 is 0. The van der Waals surface area contributed by atoms with E-state index < -0.39 is 11.8 Å². The first-order valence-corrected chi connectivity index (χ1v) is 5.16. The van der Waals surface area contributed by atoms with Crippen molar-refractivity contribution in [2.24, 2.45) is 17.6 Å². The molecule has 15 heavy (non-hydrogen) atoms. The number of hydrogen-bond acceptors (Lipinski definition) is 3. The molecule has 1 rings (SSSR count). The third-order valence-corrected chi connectivity index (χ3v) is 3.09. The summed E-state index contributed by atoms with van der Waals surface area (Å²) in [4.78, 5) is 11.3. The number of nitrogens with two attached hydrogens (primary N) is 1. The molecule has 0 aromatic heterocycles. The van der Waals surface area contributed by atoms with Crippen LogP contribution in [-0.4, -0.2) is 25.5 Å². The van der Waals surface area contributed by atoms with E-state index in [1.165, 1.54) is 7.11 Å². The molecular formula is C10H17F2NO2. The number of rotatable bonds is 3. The van der Waals surface area contributed by atoms with Crippen molar-refractivity contribution in [3.8, 4) is 0 Å². The van der Waals surface area contributed by atoms with Gasteiger partial charge in [-0.1, -0.05) is 0 Å². The quantitative estimate of drug-likeness (QED) is 0.736. The van der Waals surface area contributed by atoms with Gasteiger partial charge in [-0.05, 0) is 18.8 Å². The zero-order chi connectivity index (χ0) is 11.5. The van der Waals surface area contributed by atoms with Gasteiger partial charge in [0.25, 0.3) is 0 Å². The van der Waals surface area contributed by atoms with Gasteiger partial charge in [0.05, 0.1) is 13.0 Å². The minimum Gasteiger partial charge on any atom is -0.469 e. The van der Waals surface area contributed by atoms with Crippen molar-refractivity contribution in [2.75, 3.05) is 13.7 Å². The lowest BCUT2D eigenvalue weighted by Gasteiger charge is -2.31. The average Bonchev–Trinajstić information content (AvgIpc) is 2.21. The topological polar surface area (TPSA) is 52.3 Å². The standard InChI is InChI=1S/C10H17F2NO2/c1-15-9(14)8(6-13)7-2-4-10(11,12)5-3-7/h7-8H,2-6,13H2,1H3. The van der Waals surface area contributed by atoms with E-state index in [2.05, 4.69) is 4.74 Å². The van der Waals surface area contributed by atoms with E-state index in [1.807, 2.05) is 0 Å². The predicted octanol–water partition coefficient (Wildman–Crippen LogP) is 1.56. The molecule has 3 nitrogen and oxygen atoms in total. The molecule has 1 unspecified atom stereocenters. The first kappa shape index (κ1) is 12.4. The Morgan fingerprint density at radius 3 is 2.47 bits per heavy atom. The molecule has 88 valence electrons. The number of esters is 1. The number of hydrogen-bond donors (Lipinski definition) is 1. The maximum atomic E-state index is 12.9. The van der Waals surface area contributed by atoms with Gasteiger partial charge in [-0.25, -0.2) is 8.78 Å². The van der Waals surface area contributed by atoms with Crippen molar-refractivity contribution < 1.29 is 18.3 Å². The highest BCUT2D eigenvalue weighted by Crippen LogP contribution is 2.39. The van der Waals surface area contributed by atoms with Crippen LogP contribution in [0.25, 0.3) is 0 Å². The van der Waals surface area contributed by atoms with Crippen LogP contribution in [0, 0.1) is 11.8 Å². The van der Waals surface area contributed by atoms with Gasteiger partial charge in [0.2, 0.25) is 5.92 Å². The van der Waals surface area contributed by atoms with Gasteiger partial charge >= 0.3 is 5.97 Å². The highest BCUT2D eigenvalue weighted by Gasteiger charge is 2.39. The summed E-state index contributed by atoms with van der Waals surface area (Å²) in [5.74, 6) is -3.42. The minimum atomic E-state index is -2.56. The van der Waals surface area contributed by atoms with E-state index in [9.17, 15) is 13.6 Å². The van der Waals surface area contributed by atoms with E-state index in [0.717, 1.165) is 0 Å². The molecule has 1 atom stereocenters. The second-order valence-electron chi connectivity index (χ2n) is 4.06. The third-order valence-electron chi connectivity index (χ3n) is 3.09. The molecule has 0 spiro atoms. The van der Waals surface area contributed by atoms with Crippen LogP contribution < -0.4 is 5.73 Å². The Balaban J connectivity index is 2.54. The fourth-order valence-electron chi connectivity index (χ4n) is 2.10. The molecule has 0 amide bonds. The highest BCUT2D eigenvalue weighted by molar-refractivity contribution is 5.72. The lowest BCUT2D eigenvalue weighted by molar-refractivity contribution is -0.149. The van der Waals surface area contributed by atoms with Crippen LogP contribution in [0.2, 0.25) is 0 Å². The summed E-state index contributed by atoms with van der Waals surface area (Å²) in [6.07, 6.45) is 0.407. The monoisotopic (exact) mass is 221 g/mol. The van der Waals surface area contributed by atoms with Crippen molar-refractivity contribution >= 4 is 5.97 Å². The second kappa shape index (κ2) is 4.88. The Hall–Kier alpha value is -0.710. The summed E-state index contributed by atoms with van der Waals surface area (Å²) in [5.41, 5.74) is 5.46. The Bertz CT molecular complexity index is 223. The van der Waals surface area contributed by atoms with Crippen LogP contribution in [0.5, 0.6) is 0 Å². The Morgan fingerprint density at radius 1 is 1.53 bits per heavy atom. The summed E-state index contributed by atoms with van der Waals surface area (Å²) < 4.78 is 30.4. The molecule has 0 aliphatic heterocycles. The van der Waals surface area contributed by atoms with Gasteiger partial charge in [-0.15, -0.1) is 0 Å². The fraction of sp³-hybridized carbons (Fsp3) is 0.900. The normalized spacial score (nSPS) is 23.5. The van der Waals surface area contributed by atoms with Gasteiger partial charge < -0.3 is 10.5 Å². The van der Waals surface area contributed by atoms with Crippen molar-refractivity contribution in [1.82, 2.24) is 0 Å². The van der Waals surface area contributed by atoms with Crippen molar-refractivity contribution in [3.63, 3.8) is 0 Å². The Kier molecular flexibility index (Phi) is 4.02. The maximum Gasteiger partial charge on any atom is 0.310 e. The summed E-state index contributed by atoms with van der Waals surface area (Å²) in [5, 5.41) is 0. The first-order valence-electron chi connectivity index (χ1n) is 5.16. The van der Waals surface area contributed by atoms with Crippen molar-refractivity contribution in [3.05, 3.63) is 0 Å². The van der Waals surface area contributed by atoms with E-state index in [0.29, 0.717) is 12.8 Å². The van der Waals surface area contributed by atoms with Crippen LogP contribution in [0.1, 0.15) is 25.7 Å². The molecule has 2 N–H and O–H groups in total. The van der Waals surface area contributed by atoms with Gasteiger partial charge in [0.1, 0.15) is 0 Å². The number of halogens is 2. The van der Waals surface area contributed by atoms with E-state index in [1.54, 1.807) is 0 Å². The van der Waals surface area contributed by atoms with E-state index in [-0.39, 0.29) is 31.3 Å². The number of carbonyl (C=O) groups is 1. The predicted molar refractivity (Wildman–Crippen MR) is 51.5 cm³/mol. The number of carbonyl (C=O) groups excluding carboxylic acids is 1. The van der Waals surface area contributed by atoms with Gasteiger partial charge in [0.15, 0.2) is 0 Å². The van der Waals surface area contributed by atoms with E-state index in [4.69, 9.17) is 5.73 Å². The Morgan fingerprint density at radius 2 is 2.07 bits per heavy atom. The molecule has 1 saturated carbocycles. The molecule has 0 radical (unpaired) electrons. The minimum absolute atomic E-state index is 0.0536. The molecule has 5 heteroatoms. The van der Waals surface area contributed by atoms with Gasteiger partial charge in [-0.3, -0.25) is 4.79 Å². The van der Waals surface area contributed by atoms with Gasteiger partial charge in [-0.2, -0.15) is 0 Å². The largest absolute Gasteiger partial charge is 0.469 e. The summed E-state index contributed by atoms with van der Waals surface area (Å²) in [7, 11) is 1.29. The summed E-state index contributed by atoms with van der Waals surface area (Å²) in [6, 6.07) is 0. The lowest BCUT2D eigenvalue weighted by Crippen LogP contribution is -2.36. The average molecular weight is 221 g/mol. The number of ether oxygens (including phenoxy) is 1. The molecule has 0 aromatic carbocycles. The highest BCUT2D eigenvalue weighted by atomic mass is 19.3. The zero-order valence-electron chi connectivity index (χ0n) is 8.84. The van der Waals surface area contributed by atoms with Crippen LogP contribution in [0.15, 0.2) is 0 Å². The molecule has 0 bridgehead atoms. The SMILES string of the molecule is COC(=O)C(CN)C1CCC(F)(F)CC1. The van der Waals surface area contributed by atoms with Gasteiger partial charge in [0, 0.05) is 19.4 Å². The first-order chi connectivity index (χ1) is 7.00. The smallest absolute Gasteiger partial charge is 0.310 e.